The Labute approximate surface area is 98.3 Å². The van der Waals surface area contributed by atoms with E-state index in [9.17, 15) is 4.79 Å². The molecule has 0 aromatic heterocycles. The van der Waals surface area contributed by atoms with E-state index in [4.69, 9.17) is 10.5 Å². The van der Waals surface area contributed by atoms with Crippen LogP contribution in [-0.4, -0.2) is 56.2 Å². The molecule has 0 aromatic carbocycles. The van der Waals surface area contributed by atoms with Gasteiger partial charge in [-0.1, -0.05) is 0 Å². The van der Waals surface area contributed by atoms with Gasteiger partial charge in [-0.2, -0.15) is 0 Å². The molecule has 5 nitrogen and oxygen atoms in total. The van der Waals surface area contributed by atoms with Gasteiger partial charge in [0.2, 0.25) is 5.91 Å². The minimum Gasteiger partial charge on any atom is -0.383 e. The van der Waals surface area contributed by atoms with E-state index in [0.717, 1.165) is 0 Å². The normalized spacial score (nSPS) is 13.9. The van der Waals surface area contributed by atoms with Gasteiger partial charge < -0.3 is 15.8 Å². The lowest BCUT2D eigenvalue weighted by Crippen LogP contribution is -2.55. The number of hydrogen-bond acceptors (Lipinski definition) is 4. The first-order valence-electron chi connectivity index (χ1n) is 5.56. The van der Waals surface area contributed by atoms with E-state index in [1.54, 1.807) is 7.11 Å². The minimum atomic E-state index is -0.199. The Hall–Kier alpha value is -0.650. The zero-order valence-corrected chi connectivity index (χ0v) is 11.0. The summed E-state index contributed by atoms with van der Waals surface area (Å²) in [7, 11) is 3.52. The summed E-state index contributed by atoms with van der Waals surface area (Å²) in [5, 5.41) is 2.81. The first-order chi connectivity index (χ1) is 7.36. The molecule has 3 N–H and O–H groups in total. The molecule has 0 saturated heterocycles. The molecule has 5 heteroatoms. The molecule has 0 aliphatic heterocycles. The minimum absolute atomic E-state index is 0.000995. The molecule has 0 bridgehead atoms. The average molecular weight is 231 g/mol. The van der Waals surface area contributed by atoms with Gasteiger partial charge in [0.05, 0.1) is 12.6 Å². The van der Waals surface area contributed by atoms with Crippen molar-refractivity contribution in [3.05, 3.63) is 0 Å². The Morgan fingerprint density at radius 2 is 2.12 bits per heavy atom. The van der Waals surface area contributed by atoms with E-state index < -0.39 is 0 Å². The number of nitrogens with two attached hydrogens (primary N) is 1. The molecule has 1 unspecified atom stereocenters. The summed E-state index contributed by atoms with van der Waals surface area (Å²) >= 11 is 0. The van der Waals surface area contributed by atoms with Gasteiger partial charge in [0.1, 0.15) is 0 Å². The highest BCUT2D eigenvalue weighted by molar-refractivity contribution is 5.81. The first-order valence-corrected chi connectivity index (χ1v) is 5.56. The number of carbonyl (C=O) groups is 1. The van der Waals surface area contributed by atoms with Crippen LogP contribution in [0.4, 0.5) is 0 Å². The number of nitrogens with zero attached hydrogens (tertiary/aromatic N) is 1. The van der Waals surface area contributed by atoms with Crippen LogP contribution in [0.15, 0.2) is 0 Å². The van der Waals surface area contributed by atoms with Crippen LogP contribution in [0.25, 0.3) is 0 Å². The standard InChI is InChI=1S/C11H25N3O2/c1-9(10(15)13-6-7-16-5)14(4)11(2,3)8-12/h9H,6-8,12H2,1-5H3,(H,13,15). The SMILES string of the molecule is COCCNC(=O)C(C)N(C)C(C)(C)CN. The van der Waals surface area contributed by atoms with Crippen molar-refractivity contribution in [1.29, 1.82) is 0 Å². The third-order valence-electron chi connectivity index (χ3n) is 3.02. The van der Waals surface area contributed by atoms with Crippen molar-refractivity contribution in [2.75, 3.05) is 33.9 Å². The van der Waals surface area contributed by atoms with Crippen LogP contribution in [0, 0.1) is 0 Å². The number of rotatable bonds is 7. The van der Waals surface area contributed by atoms with Gasteiger partial charge >= 0.3 is 0 Å². The molecular formula is C11H25N3O2. The smallest absolute Gasteiger partial charge is 0.237 e. The molecule has 0 rings (SSSR count). The highest BCUT2D eigenvalue weighted by Crippen LogP contribution is 2.13. The Kier molecular flexibility index (Phi) is 6.55. The summed E-state index contributed by atoms with van der Waals surface area (Å²) in [6.07, 6.45) is 0. The number of methoxy groups -OCH3 is 1. The summed E-state index contributed by atoms with van der Waals surface area (Å²) < 4.78 is 4.87. The van der Waals surface area contributed by atoms with Crippen LogP contribution >= 0.6 is 0 Å². The second kappa shape index (κ2) is 6.83. The largest absolute Gasteiger partial charge is 0.383 e. The summed E-state index contributed by atoms with van der Waals surface area (Å²) in [5.41, 5.74) is 5.49. The topological polar surface area (TPSA) is 67.6 Å². The van der Waals surface area contributed by atoms with Crippen LogP contribution in [-0.2, 0) is 9.53 Å². The number of nitrogens with one attached hydrogen (secondary N) is 1. The fourth-order valence-corrected chi connectivity index (χ4v) is 1.27. The fraction of sp³-hybridized carbons (Fsp3) is 0.909. The van der Waals surface area contributed by atoms with Gasteiger partial charge in [-0.25, -0.2) is 0 Å². The molecule has 0 aliphatic carbocycles. The van der Waals surface area contributed by atoms with E-state index in [2.05, 4.69) is 5.32 Å². The predicted octanol–water partition coefficient (Wildman–Crippen LogP) is -0.193. The lowest BCUT2D eigenvalue weighted by atomic mass is 10.0. The van der Waals surface area contributed by atoms with Crippen molar-refractivity contribution in [2.45, 2.75) is 32.4 Å². The lowest BCUT2D eigenvalue weighted by molar-refractivity contribution is -0.127. The second-order valence-electron chi connectivity index (χ2n) is 4.59. The maximum absolute atomic E-state index is 11.8. The number of likely N-dealkylation sites (N-methyl/N-ethyl adjacent to an activating group) is 1. The fourth-order valence-electron chi connectivity index (χ4n) is 1.27. The van der Waals surface area contributed by atoms with E-state index in [1.165, 1.54) is 0 Å². The van der Waals surface area contributed by atoms with Gasteiger partial charge in [-0.3, -0.25) is 9.69 Å². The van der Waals surface area contributed by atoms with Crippen molar-refractivity contribution in [2.24, 2.45) is 5.73 Å². The number of carbonyl (C=O) groups excluding carboxylic acids is 1. The van der Waals surface area contributed by atoms with Crippen LogP contribution in [0.1, 0.15) is 20.8 Å². The number of ether oxygens (including phenoxy) is 1. The molecule has 1 amide bonds. The van der Waals surface area contributed by atoms with Gasteiger partial charge in [0, 0.05) is 25.7 Å². The molecule has 0 heterocycles. The Morgan fingerprint density at radius 3 is 2.56 bits per heavy atom. The molecule has 0 fully saturated rings. The van der Waals surface area contributed by atoms with E-state index >= 15 is 0 Å². The Bertz CT molecular complexity index is 219. The summed E-state index contributed by atoms with van der Waals surface area (Å²) in [5.74, 6) is 0.000995. The van der Waals surface area contributed by atoms with Crippen LogP contribution in [0.3, 0.4) is 0 Å². The number of hydrogen-bond donors (Lipinski definition) is 2. The maximum Gasteiger partial charge on any atom is 0.237 e. The highest BCUT2D eigenvalue weighted by Gasteiger charge is 2.29. The van der Waals surface area contributed by atoms with Crippen molar-refractivity contribution in [3.8, 4) is 0 Å². The second-order valence-corrected chi connectivity index (χ2v) is 4.59. The van der Waals surface area contributed by atoms with Gasteiger partial charge in [-0.05, 0) is 27.8 Å². The number of amides is 1. The average Bonchev–Trinajstić information content (AvgIpc) is 2.27. The van der Waals surface area contributed by atoms with Crippen LogP contribution in [0.2, 0.25) is 0 Å². The molecule has 1 atom stereocenters. The quantitative estimate of drug-likeness (QED) is 0.596. The monoisotopic (exact) mass is 231 g/mol. The molecule has 0 radical (unpaired) electrons. The molecule has 0 aromatic rings. The van der Waals surface area contributed by atoms with Gasteiger partial charge in [0.25, 0.3) is 0 Å². The molecule has 0 spiro atoms. The lowest BCUT2D eigenvalue weighted by Gasteiger charge is -2.38. The molecule has 0 aliphatic rings. The highest BCUT2D eigenvalue weighted by atomic mass is 16.5. The van der Waals surface area contributed by atoms with Crippen molar-refractivity contribution in [1.82, 2.24) is 10.2 Å². The summed E-state index contributed by atoms with van der Waals surface area (Å²) in [6.45, 7) is 7.50. The van der Waals surface area contributed by atoms with Crippen LogP contribution < -0.4 is 11.1 Å². The van der Waals surface area contributed by atoms with E-state index in [1.807, 2.05) is 32.7 Å². The first kappa shape index (κ1) is 15.3. The van der Waals surface area contributed by atoms with E-state index in [-0.39, 0.29) is 17.5 Å². The predicted molar refractivity (Wildman–Crippen MR) is 65.2 cm³/mol. The Morgan fingerprint density at radius 1 is 1.56 bits per heavy atom. The Balaban J connectivity index is 4.21. The zero-order chi connectivity index (χ0) is 12.8. The van der Waals surface area contributed by atoms with Crippen molar-refractivity contribution in [3.63, 3.8) is 0 Å². The molecule has 96 valence electrons. The van der Waals surface area contributed by atoms with Crippen molar-refractivity contribution >= 4 is 5.91 Å². The third kappa shape index (κ3) is 4.47. The van der Waals surface area contributed by atoms with Gasteiger partial charge in [0.15, 0.2) is 0 Å². The van der Waals surface area contributed by atoms with Gasteiger partial charge in [-0.15, -0.1) is 0 Å². The van der Waals surface area contributed by atoms with Crippen molar-refractivity contribution < 1.29 is 9.53 Å². The molecular weight excluding hydrogens is 206 g/mol. The van der Waals surface area contributed by atoms with Crippen LogP contribution in [0.5, 0.6) is 0 Å². The summed E-state index contributed by atoms with van der Waals surface area (Å²) in [4.78, 5) is 13.8. The maximum atomic E-state index is 11.8. The third-order valence-corrected chi connectivity index (χ3v) is 3.02. The molecule has 0 saturated carbocycles. The zero-order valence-electron chi connectivity index (χ0n) is 11.0. The molecule has 16 heavy (non-hydrogen) atoms. The van der Waals surface area contributed by atoms with E-state index in [0.29, 0.717) is 19.7 Å². The summed E-state index contributed by atoms with van der Waals surface area (Å²) in [6, 6.07) is -0.199.